The number of benzene rings is 3. The van der Waals surface area contributed by atoms with Crippen LogP contribution in [0.2, 0.25) is 5.02 Å². The van der Waals surface area contributed by atoms with E-state index < -0.39 is 10.0 Å². The molecule has 1 amide bonds. The molecule has 0 unspecified atom stereocenters. The van der Waals surface area contributed by atoms with Crippen molar-refractivity contribution in [1.29, 1.82) is 0 Å². The smallest absolute Gasteiger partial charge is 0.271 e. The van der Waals surface area contributed by atoms with E-state index in [-0.39, 0.29) is 23.9 Å². The summed E-state index contributed by atoms with van der Waals surface area (Å²) >= 11 is 5.99. The molecule has 1 heterocycles. The molecule has 1 aromatic heterocycles. The molecule has 184 valence electrons. The Morgan fingerprint density at radius 1 is 0.944 bits per heavy atom. The van der Waals surface area contributed by atoms with Crippen molar-refractivity contribution in [3.05, 3.63) is 124 Å². The first-order valence-corrected chi connectivity index (χ1v) is 12.9. The van der Waals surface area contributed by atoms with E-state index in [0.717, 1.165) is 11.1 Å². The van der Waals surface area contributed by atoms with Crippen LogP contribution in [-0.2, 0) is 23.1 Å². The average Bonchev–Trinajstić information content (AvgIpc) is 3.33. The molecule has 0 aliphatic heterocycles. The Kier molecular flexibility index (Phi) is 8.00. The topological polar surface area (TPSA) is 92.0 Å². The lowest BCUT2D eigenvalue weighted by Crippen LogP contribution is -2.30. The molecule has 4 aromatic rings. The van der Waals surface area contributed by atoms with Gasteiger partial charge >= 0.3 is 0 Å². The number of hydrazone groups is 1. The fourth-order valence-corrected chi connectivity index (χ4v) is 4.93. The van der Waals surface area contributed by atoms with Crippen molar-refractivity contribution in [1.82, 2.24) is 9.73 Å². The van der Waals surface area contributed by atoms with Crippen molar-refractivity contribution in [3.8, 4) is 0 Å². The van der Waals surface area contributed by atoms with Gasteiger partial charge in [0.1, 0.15) is 11.5 Å². The first kappa shape index (κ1) is 25.4. The first-order chi connectivity index (χ1) is 17.3. The van der Waals surface area contributed by atoms with Crippen LogP contribution in [0.3, 0.4) is 0 Å². The summed E-state index contributed by atoms with van der Waals surface area (Å²) in [6.07, 6.45) is 1.36. The molecule has 36 heavy (non-hydrogen) atoms. The fraction of sp³-hybridized carbons (Fsp3) is 0.111. The molecule has 0 bridgehead atoms. The van der Waals surface area contributed by atoms with Crippen LogP contribution in [0.15, 0.2) is 105 Å². The number of hydrogen-bond acceptors (Lipinski definition) is 5. The Balaban J connectivity index is 1.51. The summed E-state index contributed by atoms with van der Waals surface area (Å²) in [5, 5.41) is 4.50. The average molecular weight is 522 g/mol. The van der Waals surface area contributed by atoms with E-state index in [0.29, 0.717) is 22.1 Å². The van der Waals surface area contributed by atoms with Crippen LogP contribution in [0.25, 0.3) is 0 Å². The zero-order valence-corrected chi connectivity index (χ0v) is 21.0. The van der Waals surface area contributed by atoms with Gasteiger partial charge in [-0.15, -0.1) is 0 Å². The summed E-state index contributed by atoms with van der Waals surface area (Å²) in [7, 11) is -3.82. The minimum Gasteiger partial charge on any atom is -0.459 e. The number of nitrogens with one attached hydrogen (secondary N) is 1. The zero-order chi connectivity index (χ0) is 25.5. The predicted octanol–water partition coefficient (Wildman–Crippen LogP) is 5.40. The van der Waals surface area contributed by atoms with E-state index in [1.807, 2.05) is 13.0 Å². The Hall–Kier alpha value is -3.72. The normalized spacial score (nSPS) is 11.8. The van der Waals surface area contributed by atoms with Gasteiger partial charge in [0.15, 0.2) is 0 Å². The summed E-state index contributed by atoms with van der Waals surface area (Å²) in [6.45, 7) is 2.03. The van der Waals surface area contributed by atoms with E-state index in [1.165, 1.54) is 10.5 Å². The minimum absolute atomic E-state index is 0.00303. The van der Waals surface area contributed by atoms with Gasteiger partial charge in [0.05, 0.1) is 17.7 Å². The maximum atomic E-state index is 13.5. The number of aryl methyl sites for hydroxylation is 1. The number of nitrogens with zero attached hydrogens (tertiary/aromatic N) is 2. The maximum Gasteiger partial charge on any atom is 0.271 e. The molecule has 0 aliphatic rings. The fourth-order valence-electron chi connectivity index (χ4n) is 3.41. The summed E-state index contributed by atoms with van der Waals surface area (Å²) < 4.78 is 34.1. The lowest BCUT2D eigenvalue weighted by Gasteiger charge is -2.21. The van der Waals surface area contributed by atoms with E-state index in [1.54, 1.807) is 84.9 Å². The van der Waals surface area contributed by atoms with Gasteiger partial charge in [0.2, 0.25) is 10.0 Å². The number of halogens is 1. The molecule has 7 nitrogen and oxygen atoms in total. The molecule has 4 rings (SSSR count). The first-order valence-electron chi connectivity index (χ1n) is 11.1. The minimum atomic E-state index is -3.82. The van der Waals surface area contributed by atoms with Crippen molar-refractivity contribution in [2.24, 2.45) is 5.10 Å². The van der Waals surface area contributed by atoms with Gasteiger partial charge in [-0.05, 0) is 61.0 Å². The molecule has 0 saturated heterocycles. The highest BCUT2D eigenvalue weighted by Crippen LogP contribution is 2.23. The molecular weight excluding hydrogens is 498 g/mol. The molecule has 0 fully saturated rings. The number of carbonyl (C=O) groups excluding carboxylic acids is 1. The highest BCUT2D eigenvalue weighted by atomic mass is 35.5. The van der Waals surface area contributed by atoms with Crippen LogP contribution in [0.5, 0.6) is 0 Å². The zero-order valence-electron chi connectivity index (χ0n) is 19.5. The molecular formula is C27H24ClN3O4S. The van der Waals surface area contributed by atoms with E-state index in [4.69, 9.17) is 16.0 Å². The molecule has 9 heteroatoms. The molecule has 0 aliphatic carbocycles. The van der Waals surface area contributed by atoms with Gasteiger partial charge in [0, 0.05) is 17.1 Å². The van der Waals surface area contributed by atoms with Crippen LogP contribution in [0.1, 0.15) is 33.0 Å². The monoisotopic (exact) mass is 521 g/mol. The summed E-state index contributed by atoms with van der Waals surface area (Å²) in [5.41, 5.74) is 4.67. The van der Waals surface area contributed by atoms with Gasteiger partial charge in [-0.25, -0.2) is 13.8 Å². The van der Waals surface area contributed by atoms with Gasteiger partial charge in [-0.3, -0.25) is 4.79 Å². The SMILES string of the molecule is Cc1ccc(S(=O)(=O)N(Cc2ccc(Cl)cc2)Cc2ccc(/C=N\NC(=O)c3ccccc3)o2)cc1. The van der Waals surface area contributed by atoms with Crippen LogP contribution < -0.4 is 5.43 Å². The predicted molar refractivity (Wildman–Crippen MR) is 139 cm³/mol. The van der Waals surface area contributed by atoms with Crippen LogP contribution in [0, 0.1) is 6.92 Å². The molecule has 0 saturated carbocycles. The Labute approximate surface area is 215 Å². The third kappa shape index (κ3) is 6.48. The van der Waals surface area contributed by atoms with Gasteiger partial charge in [-0.2, -0.15) is 9.41 Å². The molecule has 1 N–H and O–H groups in total. The third-order valence-corrected chi connectivity index (χ3v) is 7.40. The van der Waals surface area contributed by atoms with E-state index in [2.05, 4.69) is 10.5 Å². The van der Waals surface area contributed by atoms with Crippen LogP contribution in [-0.4, -0.2) is 24.8 Å². The lowest BCUT2D eigenvalue weighted by atomic mass is 10.2. The Morgan fingerprint density at radius 2 is 1.64 bits per heavy atom. The Morgan fingerprint density at radius 3 is 2.33 bits per heavy atom. The molecule has 3 aromatic carbocycles. The molecule has 0 radical (unpaired) electrons. The number of carbonyl (C=O) groups is 1. The standard InChI is InChI=1S/C27H24ClN3O4S/c1-20-7-15-26(16-8-20)36(33,34)31(18-21-9-11-23(28)12-10-21)19-25-14-13-24(35-25)17-29-30-27(32)22-5-3-2-4-6-22/h2-17H,18-19H2,1H3,(H,30,32)/b29-17-. The third-order valence-electron chi connectivity index (χ3n) is 5.34. The van der Waals surface area contributed by atoms with Crippen LogP contribution in [0.4, 0.5) is 0 Å². The number of furan rings is 1. The van der Waals surface area contributed by atoms with Crippen LogP contribution >= 0.6 is 11.6 Å². The van der Waals surface area contributed by atoms with Gasteiger partial charge in [0.25, 0.3) is 5.91 Å². The van der Waals surface area contributed by atoms with E-state index in [9.17, 15) is 13.2 Å². The summed E-state index contributed by atoms with van der Waals surface area (Å²) in [6, 6.07) is 25.8. The van der Waals surface area contributed by atoms with Crippen molar-refractivity contribution < 1.29 is 17.6 Å². The van der Waals surface area contributed by atoms with Crippen molar-refractivity contribution in [2.45, 2.75) is 24.9 Å². The van der Waals surface area contributed by atoms with Crippen molar-refractivity contribution in [3.63, 3.8) is 0 Å². The number of sulfonamides is 1. The molecule has 0 atom stereocenters. The van der Waals surface area contributed by atoms with Crippen molar-refractivity contribution >= 4 is 33.7 Å². The number of hydrogen-bond donors (Lipinski definition) is 1. The van der Waals surface area contributed by atoms with Gasteiger partial charge in [-0.1, -0.05) is 59.6 Å². The second kappa shape index (κ2) is 11.3. The number of amides is 1. The van der Waals surface area contributed by atoms with Crippen molar-refractivity contribution in [2.75, 3.05) is 0 Å². The lowest BCUT2D eigenvalue weighted by molar-refractivity contribution is 0.0955. The highest BCUT2D eigenvalue weighted by molar-refractivity contribution is 7.89. The summed E-state index contributed by atoms with van der Waals surface area (Å²) in [5.74, 6) is 0.449. The second-order valence-electron chi connectivity index (χ2n) is 8.08. The Bertz CT molecular complexity index is 1450. The van der Waals surface area contributed by atoms with E-state index >= 15 is 0 Å². The summed E-state index contributed by atoms with van der Waals surface area (Å²) in [4.78, 5) is 12.3. The molecule has 0 spiro atoms. The highest BCUT2D eigenvalue weighted by Gasteiger charge is 2.26. The largest absolute Gasteiger partial charge is 0.459 e. The second-order valence-corrected chi connectivity index (χ2v) is 10.5. The number of rotatable bonds is 9. The van der Waals surface area contributed by atoms with Gasteiger partial charge < -0.3 is 4.42 Å². The quantitative estimate of drug-likeness (QED) is 0.236. The maximum absolute atomic E-state index is 13.5.